The number of esters is 1. The van der Waals surface area contributed by atoms with E-state index in [2.05, 4.69) is 10.3 Å². The molecule has 3 rings (SSSR count). The lowest BCUT2D eigenvalue weighted by molar-refractivity contribution is -0.165. The Hall–Kier alpha value is -2.58. The van der Waals surface area contributed by atoms with Crippen LogP contribution in [0.2, 0.25) is 5.02 Å². The van der Waals surface area contributed by atoms with Crippen molar-refractivity contribution in [1.82, 2.24) is 10.3 Å². The van der Waals surface area contributed by atoms with Gasteiger partial charge in [0, 0.05) is 21.8 Å². The van der Waals surface area contributed by atoms with Crippen molar-refractivity contribution in [3.63, 3.8) is 0 Å². The van der Waals surface area contributed by atoms with Crippen LogP contribution in [0.5, 0.6) is 0 Å². The number of hydrogen-bond donors (Lipinski definition) is 4. The lowest BCUT2D eigenvalue weighted by atomic mass is 9.72. The molecule has 2 amide bonds. The standard InChI is InChI=1S/C21H27ClN4O4/c1-20(2,3)30-19(29)21(24)10-11(17(23)27)4-7-16(21)26-18(28)15-9-12-8-13(22)5-6-14(12)25-15/h5-6,8-9,11,16,25H,4,7,10,24H2,1-3H3,(H2,23,27)(H,26,28). The molecule has 0 spiro atoms. The third kappa shape index (κ3) is 4.60. The third-order valence-electron chi connectivity index (χ3n) is 5.32. The van der Waals surface area contributed by atoms with Gasteiger partial charge in [-0.2, -0.15) is 0 Å². The van der Waals surface area contributed by atoms with Gasteiger partial charge in [0.25, 0.3) is 5.91 Å². The number of carbonyl (C=O) groups excluding carboxylic acids is 3. The lowest BCUT2D eigenvalue weighted by Crippen LogP contribution is -2.67. The smallest absolute Gasteiger partial charge is 0.328 e. The summed E-state index contributed by atoms with van der Waals surface area (Å²) < 4.78 is 5.50. The fraction of sp³-hybridized carbons (Fsp3) is 0.476. The second kappa shape index (κ2) is 7.92. The topological polar surface area (TPSA) is 140 Å². The number of amides is 2. The molecule has 162 valence electrons. The predicted molar refractivity (Wildman–Crippen MR) is 114 cm³/mol. The van der Waals surface area contributed by atoms with Gasteiger partial charge in [0.1, 0.15) is 16.8 Å². The fourth-order valence-electron chi connectivity index (χ4n) is 3.78. The Kier molecular flexibility index (Phi) is 5.84. The van der Waals surface area contributed by atoms with Gasteiger partial charge < -0.3 is 26.5 Å². The molecule has 0 saturated heterocycles. The Morgan fingerprint density at radius 3 is 2.57 bits per heavy atom. The highest BCUT2D eigenvalue weighted by Crippen LogP contribution is 2.33. The van der Waals surface area contributed by atoms with Crippen molar-refractivity contribution in [2.24, 2.45) is 17.4 Å². The highest BCUT2D eigenvalue weighted by Gasteiger charge is 2.50. The maximum Gasteiger partial charge on any atom is 0.328 e. The first kappa shape index (κ1) is 22.1. The molecule has 1 aliphatic carbocycles. The minimum absolute atomic E-state index is 0.00447. The molecule has 6 N–H and O–H groups in total. The van der Waals surface area contributed by atoms with Crippen LogP contribution < -0.4 is 16.8 Å². The van der Waals surface area contributed by atoms with Gasteiger partial charge in [-0.15, -0.1) is 0 Å². The molecule has 2 aromatic rings. The van der Waals surface area contributed by atoms with E-state index >= 15 is 0 Å². The number of hydrogen-bond acceptors (Lipinski definition) is 5. The molecule has 1 aromatic carbocycles. The van der Waals surface area contributed by atoms with Crippen molar-refractivity contribution >= 4 is 40.3 Å². The van der Waals surface area contributed by atoms with Gasteiger partial charge in [-0.3, -0.25) is 9.59 Å². The second-order valence-corrected chi connectivity index (χ2v) is 9.30. The molecule has 3 unspecified atom stereocenters. The van der Waals surface area contributed by atoms with Crippen LogP contribution in [-0.2, 0) is 14.3 Å². The minimum Gasteiger partial charge on any atom is -0.459 e. The van der Waals surface area contributed by atoms with Crippen molar-refractivity contribution in [3.05, 3.63) is 35.0 Å². The van der Waals surface area contributed by atoms with Crippen LogP contribution in [0.3, 0.4) is 0 Å². The number of aromatic amines is 1. The summed E-state index contributed by atoms with van der Waals surface area (Å²) in [6.45, 7) is 5.18. The summed E-state index contributed by atoms with van der Waals surface area (Å²) in [7, 11) is 0. The van der Waals surface area contributed by atoms with Crippen molar-refractivity contribution in [3.8, 4) is 0 Å². The van der Waals surface area contributed by atoms with E-state index in [0.29, 0.717) is 23.6 Å². The first-order valence-corrected chi connectivity index (χ1v) is 10.2. The van der Waals surface area contributed by atoms with E-state index in [-0.39, 0.29) is 6.42 Å². The molecule has 1 aromatic heterocycles. The second-order valence-electron chi connectivity index (χ2n) is 8.86. The zero-order chi connectivity index (χ0) is 22.3. The third-order valence-corrected chi connectivity index (χ3v) is 5.56. The number of rotatable bonds is 4. The predicted octanol–water partition coefficient (Wildman–Crippen LogP) is 2.24. The Labute approximate surface area is 179 Å². The van der Waals surface area contributed by atoms with E-state index in [4.69, 9.17) is 27.8 Å². The average molecular weight is 435 g/mol. The quantitative estimate of drug-likeness (QED) is 0.546. The van der Waals surface area contributed by atoms with E-state index in [1.807, 2.05) is 0 Å². The van der Waals surface area contributed by atoms with Crippen LogP contribution in [0.25, 0.3) is 10.9 Å². The SMILES string of the molecule is CC(C)(C)OC(=O)C1(N)CC(C(N)=O)CCC1NC(=O)c1cc2cc(Cl)ccc2[nH]1. The lowest BCUT2D eigenvalue weighted by Gasteiger charge is -2.42. The van der Waals surface area contributed by atoms with Crippen LogP contribution in [0, 0.1) is 5.92 Å². The van der Waals surface area contributed by atoms with Gasteiger partial charge in [0.05, 0.1) is 6.04 Å². The monoisotopic (exact) mass is 434 g/mol. The summed E-state index contributed by atoms with van der Waals surface area (Å²) in [4.78, 5) is 40.6. The molecule has 0 bridgehead atoms. The Bertz CT molecular complexity index is 997. The molecule has 9 heteroatoms. The maximum absolute atomic E-state index is 12.9. The minimum atomic E-state index is -1.57. The van der Waals surface area contributed by atoms with Crippen molar-refractivity contribution in [2.75, 3.05) is 0 Å². The largest absolute Gasteiger partial charge is 0.459 e. The number of primary amides is 1. The number of benzene rings is 1. The van der Waals surface area contributed by atoms with Gasteiger partial charge in [0.15, 0.2) is 0 Å². The zero-order valence-corrected chi connectivity index (χ0v) is 18.0. The van der Waals surface area contributed by atoms with E-state index in [9.17, 15) is 14.4 Å². The van der Waals surface area contributed by atoms with E-state index in [1.54, 1.807) is 45.0 Å². The van der Waals surface area contributed by atoms with Gasteiger partial charge in [-0.1, -0.05) is 11.6 Å². The molecular formula is C21H27ClN4O4. The van der Waals surface area contributed by atoms with Crippen molar-refractivity contribution < 1.29 is 19.1 Å². The van der Waals surface area contributed by atoms with Crippen LogP contribution >= 0.6 is 11.6 Å². The highest BCUT2D eigenvalue weighted by molar-refractivity contribution is 6.31. The molecule has 30 heavy (non-hydrogen) atoms. The molecule has 1 fully saturated rings. The van der Waals surface area contributed by atoms with Gasteiger partial charge in [-0.05, 0) is 64.3 Å². The molecular weight excluding hydrogens is 408 g/mol. The fourth-order valence-corrected chi connectivity index (χ4v) is 3.96. The molecule has 1 aliphatic rings. The summed E-state index contributed by atoms with van der Waals surface area (Å²) in [5, 5.41) is 4.19. The van der Waals surface area contributed by atoms with E-state index in [1.165, 1.54) is 0 Å². The zero-order valence-electron chi connectivity index (χ0n) is 17.3. The van der Waals surface area contributed by atoms with Crippen LogP contribution in [0.15, 0.2) is 24.3 Å². The van der Waals surface area contributed by atoms with E-state index in [0.717, 1.165) is 10.9 Å². The summed E-state index contributed by atoms with van der Waals surface area (Å²) in [6.07, 6.45) is 0.746. The van der Waals surface area contributed by atoms with E-state index < -0.39 is 40.9 Å². The molecule has 0 aliphatic heterocycles. The number of aromatic nitrogens is 1. The number of nitrogens with two attached hydrogens (primary N) is 2. The Balaban J connectivity index is 1.85. The number of halogens is 1. The van der Waals surface area contributed by atoms with Crippen LogP contribution in [-0.4, -0.2) is 39.9 Å². The number of H-pyrrole nitrogens is 1. The maximum atomic E-state index is 12.9. The number of fused-ring (bicyclic) bond motifs is 1. The van der Waals surface area contributed by atoms with Gasteiger partial charge >= 0.3 is 5.97 Å². The molecule has 8 nitrogen and oxygen atoms in total. The Morgan fingerprint density at radius 2 is 1.93 bits per heavy atom. The van der Waals surface area contributed by atoms with Crippen molar-refractivity contribution in [2.45, 2.75) is 57.2 Å². The van der Waals surface area contributed by atoms with Crippen molar-refractivity contribution in [1.29, 1.82) is 0 Å². The number of nitrogens with one attached hydrogen (secondary N) is 2. The first-order valence-electron chi connectivity index (χ1n) is 9.80. The summed E-state index contributed by atoms with van der Waals surface area (Å²) in [6, 6.07) is 6.21. The van der Waals surface area contributed by atoms with Gasteiger partial charge in [0.2, 0.25) is 5.91 Å². The molecule has 0 radical (unpaired) electrons. The average Bonchev–Trinajstić information content (AvgIpc) is 3.05. The highest BCUT2D eigenvalue weighted by atomic mass is 35.5. The molecule has 1 heterocycles. The summed E-state index contributed by atoms with van der Waals surface area (Å²) >= 11 is 6.01. The summed E-state index contributed by atoms with van der Waals surface area (Å²) in [5.41, 5.74) is 10.7. The summed E-state index contributed by atoms with van der Waals surface area (Å²) in [5.74, 6) is -2.17. The van der Waals surface area contributed by atoms with Gasteiger partial charge in [-0.25, -0.2) is 4.79 Å². The molecule has 3 atom stereocenters. The normalized spacial score (nSPS) is 24.4. The Morgan fingerprint density at radius 1 is 1.23 bits per heavy atom. The first-order chi connectivity index (χ1) is 13.9. The van der Waals surface area contributed by atoms with Crippen LogP contribution in [0.4, 0.5) is 0 Å². The number of ether oxygens (including phenoxy) is 1. The molecule has 1 saturated carbocycles. The number of carbonyl (C=O) groups is 3. The van der Waals surface area contributed by atoms with Crippen LogP contribution in [0.1, 0.15) is 50.5 Å².